The van der Waals surface area contributed by atoms with Gasteiger partial charge in [-0.25, -0.2) is 17.6 Å². The van der Waals surface area contributed by atoms with Crippen LogP contribution in [-0.2, 0) is 13.8 Å². The second-order valence-corrected chi connectivity index (χ2v) is 7.73. The summed E-state index contributed by atoms with van der Waals surface area (Å²) < 4.78 is 41.4. The molecule has 0 spiro atoms. The molecule has 0 aromatic heterocycles. The van der Waals surface area contributed by atoms with E-state index in [0.717, 1.165) is 18.6 Å². The maximum Gasteiger partial charge on any atom is 0.338 e. The molecule has 1 aromatic rings. The molecule has 0 fully saturated rings. The first-order valence-electron chi connectivity index (χ1n) is 6.55. The summed E-state index contributed by atoms with van der Waals surface area (Å²) in [5.74, 6) is -1.08. The molecule has 0 saturated heterocycles. The van der Waals surface area contributed by atoms with Gasteiger partial charge in [0.2, 0.25) is 0 Å². The highest BCUT2D eigenvalue weighted by molar-refractivity contribution is 8.13. The molecule has 0 aliphatic heterocycles. The smallest absolute Gasteiger partial charge is 0.338 e. The predicted molar refractivity (Wildman–Crippen MR) is 78.5 cm³/mol. The van der Waals surface area contributed by atoms with E-state index in [1.165, 1.54) is 6.92 Å². The second-order valence-electron chi connectivity index (χ2n) is 5.19. The Morgan fingerprint density at radius 3 is 2.52 bits per heavy atom. The number of halogens is 2. The van der Waals surface area contributed by atoms with Crippen LogP contribution in [0.1, 0.15) is 42.6 Å². The first-order chi connectivity index (χ1) is 9.62. The van der Waals surface area contributed by atoms with E-state index in [-0.39, 0.29) is 17.7 Å². The minimum atomic E-state index is -4.12. The fourth-order valence-corrected chi connectivity index (χ4v) is 2.98. The van der Waals surface area contributed by atoms with Crippen molar-refractivity contribution in [3.63, 3.8) is 0 Å². The van der Waals surface area contributed by atoms with Crippen LogP contribution in [0.4, 0.5) is 4.39 Å². The lowest BCUT2D eigenvalue weighted by Gasteiger charge is -2.09. The standard InChI is InChI=1S/C14H18ClFO4S/c1-9(2)5-4-6-20-14(17)11-7-12(16)10(3)13(8-11)21(15,18)19/h7-9H,4-6H2,1-3H3. The Balaban J connectivity index is 2.89. The van der Waals surface area contributed by atoms with Crippen molar-refractivity contribution in [2.24, 2.45) is 5.92 Å². The van der Waals surface area contributed by atoms with Gasteiger partial charge in [-0.3, -0.25) is 0 Å². The lowest BCUT2D eigenvalue weighted by atomic mass is 10.1. The predicted octanol–water partition coefficient (Wildman–Crippen LogP) is 3.65. The third kappa shape index (κ3) is 5.28. The summed E-state index contributed by atoms with van der Waals surface area (Å²) in [6.07, 6.45) is 1.59. The van der Waals surface area contributed by atoms with Crippen molar-refractivity contribution in [2.75, 3.05) is 6.61 Å². The van der Waals surface area contributed by atoms with Crippen LogP contribution in [0.15, 0.2) is 17.0 Å². The van der Waals surface area contributed by atoms with Gasteiger partial charge in [-0.2, -0.15) is 0 Å². The van der Waals surface area contributed by atoms with Gasteiger partial charge in [-0.15, -0.1) is 0 Å². The summed E-state index contributed by atoms with van der Waals surface area (Å²) in [6.45, 7) is 5.58. The Labute approximate surface area is 128 Å². The van der Waals surface area contributed by atoms with E-state index >= 15 is 0 Å². The van der Waals surface area contributed by atoms with Crippen molar-refractivity contribution >= 4 is 25.7 Å². The van der Waals surface area contributed by atoms with Gasteiger partial charge in [0.25, 0.3) is 9.05 Å². The first-order valence-corrected chi connectivity index (χ1v) is 8.85. The number of esters is 1. The third-order valence-corrected chi connectivity index (χ3v) is 4.40. The lowest BCUT2D eigenvalue weighted by Crippen LogP contribution is -2.10. The highest BCUT2D eigenvalue weighted by atomic mass is 35.7. The van der Waals surface area contributed by atoms with Gasteiger partial charge in [0.15, 0.2) is 0 Å². The van der Waals surface area contributed by atoms with E-state index in [0.29, 0.717) is 12.3 Å². The molecule has 118 valence electrons. The maximum absolute atomic E-state index is 13.7. The van der Waals surface area contributed by atoms with Crippen LogP contribution in [-0.4, -0.2) is 21.0 Å². The molecule has 0 aliphatic carbocycles. The Morgan fingerprint density at radius 1 is 1.38 bits per heavy atom. The van der Waals surface area contributed by atoms with Gasteiger partial charge in [0.05, 0.1) is 17.1 Å². The Morgan fingerprint density at radius 2 is 2.00 bits per heavy atom. The zero-order valence-electron chi connectivity index (χ0n) is 12.2. The Kier molecular flexibility index (Phi) is 6.16. The summed E-state index contributed by atoms with van der Waals surface area (Å²) in [4.78, 5) is 11.4. The van der Waals surface area contributed by atoms with Crippen LogP contribution >= 0.6 is 10.7 Å². The number of hydrogen-bond donors (Lipinski definition) is 0. The highest BCUT2D eigenvalue weighted by Crippen LogP contribution is 2.24. The summed E-state index contributed by atoms with van der Waals surface area (Å²) in [5.41, 5.74) is -0.289. The van der Waals surface area contributed by atoms with E-state index in [2.05, 4.69) is 13.8 Å². The van der Waals surface area contributed by atoms with Crippen molar-refractivity contribution < 1.29 is 22.3 Å². The summed E-state index contributed by atoms with van der Waals surface area (Å²) >= 11 is 0. The van der Waals surface area contributed by atoms with Crippen molar-refractivity contribution in [3.8, 4) is 0 Å². The number of carbonyl (C=O) groups is 1. The number of benzene rings is 1. The molecular weight excluding hydrogens is 319 g/mol. The molecule has 4 nitrogen and oxygen atoms in total. The fourth-order valence-electron chi connectivity index (χ4n) is 1.76. The molecule has 1 aromatic carbocycles. The van der Waals surface area contributed by atoms with Crippen LogP contribution in [0.25, 0.3) is 0 Å². The Bertz CT molecular complexity index is 626. The quantitative estimate of drug-likeness (QED) is 0.452. The van der Waals surface area contributed by atoms with Crippen molar-refractivity contribution in [3.05, 3.63) is 29.1 Å². The average Bonchev–Trinajstić information content (AvgIpc) is 2.35. The molecular formula is C14H18ClFO4S. The topological polar surface area (TPSA) is 60.4 Å². The van der Waals surface area contributed by atoms with E-state index in [4.69, 9.17) is 15.4 Å². The number of hydrogen-bond acceptors (Lipinski definition) is 4. The molecule has 21 heavy (non-hydrogen) atoms. The zero-order valence-corrected chi connectivity index (χ0v) is 13.7. The SMILES string of the molecule is Cc1c(F)cc(C(=O)OCCCC(C)C)cc1S(=O)(=O)Cl. The van der Waals surface area contributed by atoms with Crippen LogP contribution < -0.4 is 0 Å². The van der Waals surface area contributed by atoms with Crippen LogP contribution in [0, 0.1) is 18.7 Å². The molecule has 0 radical (unpaired) electrons. The van der Waals surface area contributed by atoms with Gasteiger partial charge in [0.1, 0.15) is 5.82 Å². The normalized spacial score (nSPS) is 11.7. The number of ether oxygens (including phenoxy) is 1. The molecule has 0 bridgehead atoms. The summed E-state index contributed by atoms with van der Waals surface area (Å²) in [5, 5.41) is 0. The van der Waals surface area contributed by atoms with E-state index in [1.54, 1.807) is 0 Å². The average molecular weight is 337 g/mol. The molecule has 0 heterocycles. The van der Waals surface area contributed by atoms with Crippen LogP contribution in [0.3, 0.4) is 0 Å². The molecule has 0 unspecified atom stereocenters. The molecule has 0 aliphatic rings. The van der Waals surface area contributed by atoms with Gasteiger partial charge < -0.3 is 4.74 Å². The maximum atomic E-state index is 13.7. The number of rotatable bonds is 6. The van der Waals surface area contributed by atoms with Crippen molar-refractivity contribution in [2.45, 2.75) is 38.5 Å². The van der Waals surface area contributed by atoms with E-state index < -0.39 is 25.7 Å². The van der Waals surface area contributed by atoms with Crippen LogP contribution in [0.2, 0.25) is 0 Å². The molecule has 0 N–H and O–H groups in total. The van der Waals surface area contributed by atoms with Gasteiger partial charge in [0, 0.05) is 16.2 Å². The molecule has 0 saturated carbocycles. The van der Waals surface area contributed by atoms with Crippen molar-refractivity contribution in [1.29, 1.82) is 0 Å². The minimum absolute atomic E-state index is 0.124. The monoisotopic (exact) mass is 336 g/mol. The molecule has 0 amide bonds. The van der Waals surface area contributed by atoms with E-state index in [9.17, 15) is 17.6 Å². The second kappa shape index (κ2) is 7.22. The summed E-state index contributed by atoms with van der Waals surface area (Å²) in [6, 6.07) is 1.98. The van der Waals surface area contributed by atoms with E-state index in [1.807, 2.05) is 0 Å². The first kappa shape index (κ1) is 17.9. The van der Waals surface area contributed by atoms with Gasteiger partial charge in [-0.05, 0) is 37.8 Å². The van der Waals surface area contributed by atoms with Gasteiger partial charge in [-0.1, -0.05) is 13.8 Å². The highest BCUT2D eigenvalue weighted by Gasteiger charge is 2.20. The minimum Gasteiger partial charge on any atom is -0.462 e. The van der Waals surface area contributed by atoms with Gasteiger partial charge >= 0.3 is 5.97 Å². The molecule has 1 rings (SSSR count). The number of carbonyl (C=O) groups excluding carboxylic acids is 1. The largest absolute Gasteiger partial charge is 0.462 e. The van der Waals surface area contributed by atoms with Crippen molar-refractivity contribution in [1.82, 2.24) is 0 Å². The zero-order chi connectivity index (χ0) is 16.2. The Hall–Kier alpha value is -1.14. The van der Waals surface area contributed by atoms with Crippen LogP contribution in [0.5, 0.6) is 0 Å². The molecule has 7 heteroatoms. The summed E-state index contributed by atoms with van der Waals surface area (Å²) in [7, 11) is 1.10. The third-order valence-electron chi connectivity index (χ3n) is 2.95. The fraction of sp³-hybridized carbons (Fsp3) is 0.500. The lowest BCUT2D eigenvalue weighted by molar-refractivity contribution is 0.0494. The molecule has 0 atom stereocenters.